The van der Waals surface area contributed by atoms with Crippen molar-refractivity contribution in [2.45, 2.75) is 26.6 Å². The first kappa shape index (κ1) is 13.5. The molecule has 0 radical (unpaired) electrons. The quantitative estimate of drug-likeness (QED) is 0.822. The van der Waals surface area contributed by atoms with Crippen molar-refractivity contribution in [3.05, 3.63) is 35.9 Å². The molecule has 4 nitrogen and oxygen atoms in total. The van der Waals surface area contributed by atoms with Crippen molar-refractivity contribution in [3.63, 3.8) is 0 Å². The first-order chi connectivity index (χ1) is 8.09. The third kappa shape index (κ3) is 5.36. The maximum Gasteiger partial charge on any atom is 0.407 e. The molecule has 17 heavy (non-hydrogen) atoms. The minimum absolute atomic E-state index is 0.115. The zero-order valence-electron chi connectivity index (χ0n) is 10.2. The molecule has 1 unspecified atom stereocenters. The average Bonchev–Trinajstić information content (AvgIpc) is 2.34. The Balaban J connectivity index is 2.22. The van der Waals surface area contributed by atoms with Crippen molar-refractivity contribution in [1.29, 1.82) is 0 Å². The van der Waals surface area contributed by atoms with E-state index in [4.69, 9.17) is 4.74 Å². The van der Waals surface area contributed by atoms with Gasteiger partial charge in [0, 0.05) is 6.54 Å². The van der Waals surface area contributed by atoms with Gasteiger partial charge in [0.2, 0.25) is 0 Å². The lowest BCUT2D eigenvalue weighted by Gasteiger charge is -2.14. The number of alkyl carbamates (subject to hydrolysis) is 1. The molecular weight excluding hydrogens is 218 g/mol. The minimum atomic E-state index is -0.542. The molecule has 0 aliphatic heterocycles. The van der Waals surface area contributed by atoms with Crippen LogP contribution >= 0.6 is 0 Å². The van der Waals surface area contributed by atoms with E-state index < -0.39 is 12.2 Å². The molecule has 0 aromatic heterocycles. The van der Waals surface area contributed by atoms with Crippen LogP contribution in [0.5, 0.6) is 0 Å². The van der Waals surface area contributed by atoms with E-state index in [1.165, 1.54) is 0 Å². The van der Waals surface area contributed by atoms with E-state index in [1.54, 1.807) is 0 Å². The second-order valence-corrected chi connectivity index (χ2v) is 4.25. The topological polar surface area (TPSA) is 58.6 Å². The molecule has 1 aromatic carbocycles. The normalized spacial score (nSPS) is 12.2. The smallest absolute Gasteiger partial charge is 0.407 e. The maximum atomic E-state index is 11.3. The lowest BCUT2D eigenvalue weighted by atomic mass is 10.1. The summed E-state index contributed by atoms with van der Waals surface area (Å²) in [5.41, 5.74) is 0.937. The van der Waals surface area contributed by atoms with Gasteiger partial charge in [0.15, 0.2) is 0 Å². The molecule has 0 fully saturated rings. The summed E-state index contributed by atoms with van der Waals surface area (Å²) in [6.45, 7) is 4.24. The predicted octanol–water partition coefficient (Wildman–Crippen LogP) is 1.93. The highest BCUT2D eigenvalue weighted by atomic mass is 16.5. The number of nitrogens with one attached hydrogen (secondary N) is 1. The van der Waals surface area contributed by atoms with Gasteiger partial charge in [-0.25, -0.2) is 4.79 Å². The van der Waals surface area contributed by atoms with Crippen LogP contribution in [0.15, 0.2) is 30.3 Å². The molecule has 2 N–H and O–H groups in total. The molecular formula is C13H19NO3. The Labute approximate surface area is 102 Å². The highest BCUT2D eigenvalue weighted by molar-refractivity contribution is 5.67. The Bertz CT molecular complexity index is 338. The summed E-state index contributed by atoms with van der Waals surface area (Å²) >= 11 is 0. The largest absolute Gasteiger partial charge is 0.445 e. The Morgan fingerprint density at radius 2 is 2.00 bits per heavy atom. The van der Waals surface area contributed by atoms with Crippen LogP contribution < -0.4 is 5.32 Å². The summed E-state index contributed by atoms with van der Waals surface area (Å²) in [6, 6.07) is 9.45. The van der Waals surface area contributed by atoms with Crippen LogP contribution in [0.1, 0.15) is 19.4 Å². The number of carbonyl (C=O) groups is 1. The van der Waals surface area contributed by atoms with Gasteiger partial charge in [-0.3, -0.25) is 0 Å². The SMILES string of the molecule is CC(C)C(O)CNC(=O)OCc1ccccc1. The van der Waals surface area contributed by atoms with Gasteiger partial charge in [0.05, 0.1) is 6.10 Å². The lowest BCUT2D eigenvalue weighted by Crippen LogP contribution is -2.34. The van der Waals surface area contributed by atoms with Crippen molar-refractivity contribution >= 4 is 6.09 Å². The standard InChI is InChI=1S/C13H19NO3/c1-10(2)12(15)8-14-13(16)17-9-11-6-4-3-5-7-11/h3-7,10,12,15H,8-9H2,1-2H3,(H,14,16). The number of ether oxygens (including phenoxy) is 1. The van der Waals surface area contributed by atoms with Gasteiger partial charge >= 0.3 is 6.09 Å². The zero-order chi connectivity index (χ0) is 12.7. The third-order valence-corrected chi connectivity index (χ3v) is 2.44. The van der Waals surface area contributed by atoms with Crippen LogP contribution in [0, 0.1) is 5.92 Å². The predicted molar refractivity (Wildman–Crippen MR) is 65.5 cm³/mol. The summed E-state index contributed by atoms with van der Waals surface area (Å²) in [5.74, 6) is 0.115. The van der Waals surface area contributed by atoms with Crippen molar-refractivity contribution in [3.8, 4) is 0 Å². The van der Waals surface area contributed by atoms with Gasteiger partial charge in [-0.1, -0.05) is 44.2 Å². The van der Waals surface area contributed by atoms with E-state index in [0.717, 1.165) is 5.56 Å². The molecule has 94 valence electrons. The van der Waals surface area contributed by atoms with E-state index >= 15 is 0 Å². The number of amides is 1. The van der Waals surface area contributed by atoms with Crippen molar-refractivity contribution in [1.82, 2.24) is 5.32 Å². The van der Waals surface area contributed by atoms with Crippen LogP contribution in [0.2, 0.25) is 0 Å². The zero-order valence-corrected chi connectivity index (χ0v) is 10.2. The number of hydrogen-bond acceptors (Lipinski definition) is 3. The van der Waals surface area contributed by atoms with Crippen LogP contribution in [-0.4, -0.2) is 23.8 Å². The molecule has 0 saturated carbocycles. The fraction of sp³-hybridized carbons (Fsp3) is 0.462. The maximum absolute atomic E-state index is 11.3. The summed E-state index contributed by atoms with van der Waals surface area (Å²) in [7, 11) is 0. The summed E-state index contributed by atoms with van der Waals surface area (Å²) in [6.07, 6.45) is -1.05. The number of benzene rings is 1. The molecule has 1 aromatic rings. The Hall–Kier alpha value is -1.55. The van der Waals surface area contributed by atoms with Gasteiger partial charge < -0.3 is 15.2 Å². The van der Waals surface area contributed by atoms with Crippen molar-refractivity contribution in [2.75, 3.05) is 6.54 Å². The van der Waals surface area contributed by atoms with Crippen LogP contribution in [-0.2, 0) is 11.3 Å². The molecule has 0 heterocycles. The molecule has 0 spiro atoms. The molecule has 1 amide bonds. The fourth-order valence-electron chi connectivity index (χ4n) is 1.20. The first-order valence-corrected chi connectivity index (χ1v) is 5.72. The first-order valence-electron chi connectivity index (χ1n) is 5.72. The summed E-state index contributed by atoms with van der Waals surface area (Å²) in [5, 5.41) is 12.0. The Morgan fingerprint density at radius 3 is 2.59 bits per heavy atom. The molecule has 0 bridgehead atoms. The van der Waals surface area contributed by atoms with Gasteiger partial charge in [-0.2, -0.15) is 0 Å². The number of aliphatic hydroxyl groups excluding tert-OH is 1. The van der Waals surface area contributed by atoms with E-state index in [1.807, 2.05) is 44.2 Å². The molecule has 0 aliphatic carbocycles. The molecule has 4 heteroatoms. The lowest BCUT2D eigenvalue weighted by molar-refractivity contribution is 0.106. The number of carbonyl (C=O) groups excluding carboxylic acids is 1. The minimum Gasteiger partial charge on any atom is -0.445 e. The number of aliphatic hydroxyl groups is 1. The second-order valence-electron chi connectivity index (χ2n) is 4.25. The van der Waals surface area contributed by atoms with E-state index in [9.17, 15) is 9.90 Å². The van der Waals surface area contributed by atoms with Gasteiger partial charge in [0.25, 0.3) is 0 Å². The third-order valence-electron chi connectivity index (χ3n) is 2.44. The van der Waals surface area contributed by atoms with Crippen LogP contribution in [0.4, 0.5) is 4.79 Å². The molecule has 1 rings (SSSR count). The van der Waals surface area contributed by atoms with Gasteiger partial charge in [-0.15, -0.1) is 0 Å². The number of rotatable bonds is 5. The average molecular weight is 237 g/mol. The van der Waals surface area contributed by atoms with E-state index in [0.29, 0.717) is 0 Å². The van der Waals surface area contributed by atoms with Gasteiger partial charge in [-0.05, 0) is 11.5 Å². The van der Waals surface area contributed by atoms with Crippen LogP contribution in [0.3, 0.4) is 0 Å². The summed E-state index contributed by atoms with van der Waals surface area (Å²) in [4.78, 5) is 11.3. The fourth-order valence-corrected chi connectivity index (χ4v) is 1.20. The molecule has 0 saturated heterocycles. The van der Waals surface area contributed by atoms with Gasteiger partial charge in [0.1, 0.15) is 6.61 Å². The van der Waals surface area contributed by atoms with E-state index in [2.05, 4.69) is 5.32 Å². The van der Waals surface area contributed by atoms with E-state index in [-0.39, 0.29) is 19.1 Å². The highest BCUT2D eigenvalue weighted by Crippen LogP contribution is 2.01. The highest BCUT2D eigenvalue weighted by Gasteiger charge is 2.11. The second kappa shape index (κ2) is 6.91. The van der Waals surface area contributed by atoms with Crippen LogP contribution in [0.25, 0.3) is 0 Å². The summed E-state index contributed by atoms with van der Waals surface area (Å²) < 4.78 is 5.00. The Morgan fingerprint density at radius 1 is 1.35 bits per heavy atom. The monoisotopic (exact) mass is 237 g/mol. The molecule has 1 atom stereocenters. The Kier molecular flexibility index (Phi) is 5.49. The molecule has 0 aliphatic rings. The number of hydrogen-bond donors (Lipinski definition) is 2. The van der Waals surface area contributed by atoms with Crippen molar-refractivity contribution in [2.24, 2.45) is 5.92 Å². The van der Waals surface area contributed by atoms with Crippen molar-refractivity contribution < 1.29 is 14.6 Å².